The van der Waals surface area contributed by atoms with Crippen LogP contribution in [0, 0.1) is 0 Å². The molecule has 2 amide bonds. The molecule has 6 heteroatoms. The Balaban J connectivity index is 2.04. The van der Waals surface area contributed by atoms with Crippen molar-refractivity contribution in [3.05, 3.63) is 29.8 Å². The summed E-state index contributed by atoms with van der Waals surface area (Å²) in [7, 11) is 0. The van der Waals surface area contributed by atoms with E-state index in [9.17, 15) is 9.59 Å². The molecule has 0 saturated carbocycles. The summed E-state index contributed by atoms with van der Waals surface area (Å²) in [5.41, 5.74) is 1.20. The Morgan fingerprint density at radius 2 is 2.05 bits per heavy atom. The Labute approximate surface area is 122 Å². The first-order valence-electron chi connectivity index (χ1n) is 6.60. The molecular weight excluding hydrogens is 276 g/mol. The molecule has 0 bridgehead atoms. The largest absolute Gasteiger partial charge is 0.481 e. The lowest BCUT2D eigenvalue weighted by Crippen LogP contribution is -2.36. The van der Waals surface area contributed by atoms with Crippen molar-refractivity contribution in [3.8, 4) is 0 Å². The second-order valence-corrected chi connectivity index (χ2v) is 5.84. The Kier molecular flexibility index (Phi) is 5.29. The van der Waals surface area contributed by atoms with Gasteiger partial charge in [0.1, 0.15) is 0 Å². The summed E-state index contributed by atoms with van der Waals surface area (Å²) in [6.07, 6.45) is 0.904. The smallest absolute Gasteiger partial charge is 0.321 e. The maximum atomic E-state index is 12.2. The van der Waals surface area contributed by atoms with Crippen molar-refractivity contribution in [1.29, 1.82) is 0 Å². The Bertz CT molecular complexity index is 485. The molecule has 0 atom stereocenters. The number of nitrogens with zero attached hydrogens (tertiary/aromatic N) is 1. The Morgan fingerprint density at radius 1 is 1.25 bits per heavy atom. The number of carbonyl (C=O) groups is 2. The predicted octanol–water partition coefficient (Wildman–Crippen LogP) is 2.28. The minimum absolute atomic E-state index is 0.0910. The van der Waals surface area contributed by atoms with Crippen molar-refractivity contribution in [1.82, 2.24) is 4.90 Å². The van der Waals surface area contributed by atoms with Crippen molar-refractivity contribution >= 4 is 29.4 Å². The summed E-state index contributed by atoms with van der Waals surface area (Å²) in [5, 5.41) is 11.7. The molecule has 2 N–H and O–H groups in total. The third-order valence-electron chi connectivity index (χ3n) is 3.11. The SMILES string of the molecule is O=C(O)Cc1ccccc1NC(=O)N1CCCSCC1. The van der Waals surface area contributed by atoms with Crippen LogP contribution in [0.1, 0.15) is 12.0 Å². The number of aliphatic carboxylic acids is 1. The monoisotopic (exact) mass is 294 g/mol. The number of nitrogens with one attached hydrogen (secondary N) is 1. The fourth-order valence-electron chi connectivity index (χ4n) is 2.10. The number of rotatable bonds is 3. The van der Waals surface area contributed by atoms with E-state index in [0.29, 0.717) is 11.3 Å². The zero-order valence-corrected chi connectivity index (χ0v) is 12.0. The molecule has 1 aliphatic rings. The number of amides is 2. The topological polar surface area (TPSA) is 69.6 Å². The number of urea groups is 1. The standard InChI is InChI=1S/C14H18N2O3S/c17-13(18)10-11-4-1-2-5-12(11)15-14(19)16-6-3-8-20-9-7-16/h1-2,4-5H,3,6-10H2,(H,15,19)(H,17,18). The highest BCUT2D eigenvalue weighted by atomic mass is 32.2. The first kappa shape index (κ1) is 14.7. The lowest BCUT2D eigenvalue weighted by molar-refractivity contribution is -0.136. The van der Waals surface area contributed by atoms with Crippen LogP contribution >= 0.6 is 11.8 Å². The lowest BCUT2D eigenvalue weighted by Gasteiger charge is -2.21. The molecule has 1 saturated heterocycles. The average Bonchev–Trinajstić information content (AvgIpc) is 2.69. The van der Waals surface area contributed by atoms with Gasteiger partial charge in [-0.2, -0.15) is 11.8 Å². The van der Waals surface area contributed by atoms with Gasteiger partial charge in [-0.05, 0) is 23.8 Å². The van der Waals surface area contributed by atoms with E-state index in [1.54, 1.807) is 29.2 Å². The van der Waals surface area contributed by atoms with Crippen LogP contribution < -0.4 is 5.32 Å². The van der Waals surface area contributed by atoms with Gasteiger partial charge in [0, 0.05) is 24.5 Å². The number of carbonyl (C=O) groups excluding carboxylic acids is 1. The average molecular weight is 294 g/mol. The van der Waals surface area contributed by atoms with Crippen molar-refractivity contribution in [2.24, 2.45) is 0 Å². The molecule has 0 aromatic heterocycles. The van der Waals surface area contributed by atoms with Gasteiger partial charge in [-0.1, -0.05) is 18.2 Å². The molecule has 1 heterocycles. The van der Waals surface area contributed by atoms with Crippen LogP contribution in [0.4, 0.5) is 10.5 Å². The van der Waals surface area contributed by atoms with Gasteiger partial charge < -0.3 is 15.3 Å². The number of carboxylic acids is 1. The fraction of sp³-hybridized carbons (Fsp3) is 0.429. The highest BCUT2D eigenvalue weighted by Crippen LogP contribution is 2.17. The lowest BCUT2D eigenvalue weighted by atomic mass is 10.1. The summed E-state index contributed by atoms with van der Waals surface area (Å²) in [4.78, 5) is 24.8. The van der Waals surface area contributed by atoms with E-state index in [1.165, 1.54) is 0 Å². The molecule has 1 aromatic rings. The van der Waals surface area contributed by atoms with Crippen LogP contribution in [0.2, 0.25) is 0 Å². The highest BCUT2D eigenvalue weighted by molar-refractivity contribution is 7.99. The maximum absolute atomic E-state index is 12.2. The van der Waals surface area contributed by atoms with Crippen LogP contribution in [0.25, 0.3) is 0 Å². The number of carboxylic acid groups (broad SMARTS) is 1. The Morgan fingerprint density at radius 3 is 2.85 bits per heavy atom. The summed E-state index contributed by atoms with van der Waals surface area (Å²) in [5.74, 6) is 1.13. The molecule has 0 unspecified atom stereocenters. The minimum Gasteiger partial charge on any atom is -0.481 e. The molecule has 1 aromatic carbocycles. The first-order valence-corrected chi connectivity index (χ1v) is 7.75. The van der Waals surface area contributed by atoms with E-state index in [1.807, 2.05) is 11.8 Å². The van der Waals surface area contributed by atoms with Gasteiger partial charge in [0.25, 0.3) is 0 Å². The molecule has 1 aliphatic heterocycles. The second-order valence-electron chi connectivity index (χ2n) is 4.61. The zero-order valence-electron chi connectivity index (χ0n) is 11.2. The molecule has 0 spiro atoms. The Hall–Kier alpha value is -1.69. The van der Waals surface area contributed by atoms with E-state index in [4.69, 9.17) is 5.11 Å². The van der Waals surface area contributed by atoms with Gasteiger partial charge in [-0.3, -0.25) is 4.79 Å². The molecule has 0 aliphatic carbocycles. The first-order chi connectivity index (χ1) is 9.66. The molecule has 2 rings (SSSR count). The summed E-state index contributed by atoms with van der Waals surface area (Å²) in [6.45, 7) is 1.48. The number of thioether (sulfide) groups is 1. The summed E-state index contributed by atoms with van der Waals surface area (Å²) in [6, 6.07) is 6.88. The normalized spacial score (nSPS) is 15.5. The number of benzene rings is 1. The minimum atomic E-state index is -0.905. The van der Waals surface area contributed by atoms with Crippen LogP contribution in [-0.2, 0) is 11.2 Å². The maximum Gasteiger partial charge on any atom is 0.321 e. The van der Waals surface area contributed by atoms with Gasteiger partial charge in [0.15, 0.2) is 0 Å². The summed E-state index contributed by atoms with van der Waals surface area (Å²) < 4.78 is 0. The predicted molar refractivity (Wildman–Crippen MR) is 80.3 cm³/mol. The van der Waals surface area contributed by atoms with Crippen molar-refractivity contribution in [3.63, 3.8) is 0 Å². The van der Waals surface area contributed by atoms with Crippen LogP contribution in [0.5, 0.6) is 0 Å². The number of hydrogen-bond acceptors (Lipinski definition) is 3. The van der Waals surface area contributed by atoms with Gasteiger partial charge in [-0.15, -0.1) is 0 Å². The molecule has 1 fully saturated rings. The van der Waals surface area contributed by atoms with E-state index >= 15 is 0 Å². The van der Waals surface area contributed by atoms with Crippen LogP contribution in [0.3, 0.4) is 0 Å². The molecule has 0 radical (unpaired) electrons. The van der Waals surface area contributed by atoms with Crippen LogP contribution in [0.15, 0.2) is 24.3 Å². The number of anilines is 1. The second kappa shape index (κ2) is 7.19. The molecule has 20 heavy (non-hydrogen) atoms. The van der Waals surface area contributed by atoms with E-state index in [-0.39, 0.29) is 12.5 Å². The third kappa shape index (κ3) is 4.16. The van der Waals surface area contributed by atoms with Gasteiger partial charge in [-0.25, -0.2) is 4.79 Å². The van der Waals surface area contributed by atoms with E-state index < -0.39 is 5.97 Å². The fourth-order valence-corrected chi connectivity index (χ4v) is 2.99. The summed E-state index contributed by atoms with van der Waals surface area (Å²) >= 11 is 1.86. The number of hydrogen-bond donors (Lipinski definition) is 2. The molecule has 108 valence electrons. The molecular formula is C14H18N2O3S. The van der Waals surface area contributed by atoms with Gasteiger partial charge in [0.2, 0.25) is 0 Å². The van der Waals surface area contributed by atoms with Crippen molar-refractivity contribution < 1.29 is 14.7 Å². The van der Waals surface area contributed by atoms with Crippen molar-refractivity contribution in [2.75, 3.05) is 29.9 Å². The zero-order chi connectivity index (χ0) is 14.4. The third-order valence-corrected chi connectivity index (χ3v) is 4.16. The van der Waals surface area contributed by atoms with Crippen molar-refractivity contribution in [2.45, 2.75) is 12.8 Å². The number of para-hydroxylation sites is 1. The quantitative estimate of drug-likeness (QED) is 0.897. The van der Waals surface area contributed by atoms with Gasteiger partial charge in [0.05, 0.1) is 6.42 Å². The van der Waals surface area contributed by atoms with Crippen LogP contribution in [-0.4, -0.2) is 46.6 Å². The van der Waals surface area contributed by atoms with E-state index in [0.717, 1.165) is 31.0 Å². The highest BCUT2D eigenvalue weighted by Gasteiger charge is 2.17. The molecule has 5 nitrogen and oxygen atoms in total. The van der Waals surface area contributed by atoms with Gasteiger partial charge >= 0.3 is 12.0 Å². The van der Waals surface area contributed by atoms with E-state index in [2.05, 4.69) is 5.32 Å².